The minimum absolute atomic E-state index is 0.109. The highest BCUT2D eigenvalue weighted by atomic mass is 16.4. The van der Waals surface area contributed by atoms with E-state index in [1.54, 1.807) is 13.2 Å². The molecule has 1 aliphatic rings. The van der Waals surface area contributed by atoms with Gasteiger partial charge < -0.3 is 19.3 Å². The molecule has 0 aliphatic heterocycles. The molecule has 2 N–H and O–H groups in total. The predicted molar refractivity (Wildman–Crippen MR) is 76.6 cm³/mol. The Hall–Kier alpha value is -2.50. The average molecular weight is 303 g/mol. The highest BCUT2D eigenvalue weighted by molar-refractivity contribution is 5.97. The van der Waals surface area contributed by atoms with E-state index in [0.29, 0.717) is 11.1 Å². The number of nitrogens with one attached hydrogen (secondary N) is 1. The van der Waals surface area contributed by atoms with Crippen molar-refractivity contribution in [2.45, 2.75) is 38.6 Å². The molecule has 2 aromatic heterocycles. The molecule has 1 amide bonds. The first-order valence-corrected chi connectivity index (χ1v) is 7.22. The van der Waals surface area contributed by atoms with Crippen LogP contribution in [0.25, 0.3) is 0 Å². The van der Waals surface area contributed by atoms with E-state index in [4.69, 9.17) is 13.9 Å². The van der Waals surface area contributed by atoms with Gasteiger partial charge in [-0.05, 0) is 25.8 Å². The summed E-state index contributed by atoms with van der Waals surface area (Å²) in [6.07, 6.45) is 5.40. The zero-order valence-corrected chi connectivity index (χ0v) is 12.2. The zero-order valence-electron chi connectivity index (χ0n) is 12.2. The van der Waals surface area contributed by atoms with Crippen molar-refractivity contribution in [2.24, 2.45) is 0 Å². The van der Waals surface area contributed by atoms with Crippen molar-refractivity contribution in [2.75, 3.05) is 0 Å². The highest BCUT2D eigenvalue weighted by Crippen LogP contribution is 2.31. The fourth-order valence-electron chi connectivity index (χ4n) is 2.94. The third-order valence-electron chi connectivity index (χ3n) is 3.95. The number of rotatable bonds is 4. The smallest absolute Gasteiger partial charge is 0.311 e. The van der Waals surface area contributed by atoms with Crippen LogP contribution in [0.2, 0.25) is 0 Å². The van der Waals surface area contributed by atoms with Crippen LogP contribution in [-0.4, -0.2) is 17.0 Å². The van der Waals surface area contributed by atoms with E-state index in [1.165, 1.54) is 6.26 Å². The first-order valence-electron chi connectivity index (χ1n) is 7.22. The number of amides is 1. The third-order valence-corrected chi connectivity index (χ3v) is 3.95. The average Bonchev–Trinajstić information content (AvgIpc) is 3.06. The maximum Gasteiger partial charge on any atom is 0.311 e. The molecule has 6 nitrogen and oxygen atoms in total. The molecule has 0 aromatic carbocycles. The molecule has 22 heavy (non-hydrogen) atoms. The SMILES string of the molecule is Cc1coc(CC(=O)O)c1C(=O)NC1CCCc2occc21. The van der Waals surface area contributed by atoms with Crippen LogP contribution in [0.3, 0.4) is 0 Å². The Bertz CT molecular complexity index is 712. The Kier molecular flexibility index (Phi) is 3.75. The van der Waals surface area contributed by atoms with Crippen LogP contribution in [0, 0.1) is 6.92 Å². The Labute approximate surface area is 127 Å². The Morgan fingerprint density at radius 3 is 3.00 bits per heavy atom. The monoisotopic (exact) mass is 303 g/mol. The van der Waals surface area contributed by atoms with Crippen LogP contribution in [0.1, 0.15) is 51.9 Å². The van der Waals surface area contributed by atoms with Crippen molar-refractivity contribution in [3.63, 3.8) is 0 Å². The van der Waals surface area contributed by atoms with Crippen molar-refractivity contribution in [1.82, 2.24) is 5.32 Å². The maximum atomic E-state index is 12.5. The van der Waals surface area contributed by atoms with E-state index in [9.17, 15) is 9.59 Å². The number of aryl methyl sites for hydroxylation is 2. The van der Waals surface area contributed by atoms with Crippen LogP contribution in [0.5, 0.6) is 0 Å². The summed E-state index contributed by atoms with van der Waals surface area (Å²) in [6, 6.07) is 1.77. The Morgan fingerprint density at radius 1 is 1.41 bits per heavy atom. The van der Waals surface area contributed by atoms with Crippen LogP contribution >= 0.6 is 0 Å². The van der Waals surface area contributed by atoms with Gasteiger partial charge in [-0.1, -0.05) is 0 Å². The van der Waals surface area contributed by atoms with Crippen molar-refractivity contribution >= 4 is 11.9 Å². The van der Waals surface area contributed by atoms with Crippen LogP contribution in [-0.2, 0) is 17.6 Å². The van der Waals surface area contributed by atoms with Gasteiger partial charge in [-0.2, -0.15) is 0 Å². The molecule has 2 heterocycles. The largest absolute Gasteiger partial charge is 0.481 e. The second-order valence-electron chi connectivity index (χ2n) is 5.50. The number of carboxylic acids is 1. The van der Waals surface area contributed by atoms with Crippen LogP contribution in [0.15, 0.2) is 27.4 Å². The number of hydrogen-bond donors (Lipinski definition) is 2. The zero-order chi connectivity index (χ0) is 15.7. The van der Waals surface area contributed by atoms with Crippen molar-refractivity contribution in [1.29, 1.82) is 0 Å². The summed E-state index contributed by atoms with van der Waals surface area (Å²) in [7, 11) is 0. The molecule has 0 spiro atoms. The normalized spacial score (nSPS) is 17.0. The summed E-state index contributed by atoms with van der Waals surface area (Å²) in [5.74, 6) is -0.239. The molecule has 1 aliphatic carbocycles. The standard InChI is InChI=1S/C16H17NO5/c1-9-8-22-13(7-14(18)19)15(9)16(20)17-11-3-2-4-12-10(11)5-6-21-12/h5-6,8,11H,2-4,7H2,1H3,(H,17,20)(H,18,19). The summed E-state index contributed by atoms with van der Waals surface area (Å²) in [6.45, 7) is 1.73. The second-order valence-corrected chi connectivity index (χ2v) is 5.50. The van der Waals surface area contributed by atoms with E-state index < -0.39 is 5.97 Å². The molecule has 3 rings (SSSR count). The Balaban J connectivity index is 1.82. The summed E-state index contributed by atoms with van der Waals surface area (Å²) in [5, 5.41) is 11.9. The summed E-state index contributed by atoms with van der Waals surface area (Å²) in [4.78, 5) is 23.4. The van der Waals surface area contributed by atoms with Gasteiger partial charge in [-0.3, -0.25) is 9.59 Å². The van der Waals surface area contributed by atoms with Gasteiger partial charge in [0.05, 0.1) is 24.1 Å². The third kappa shape index (κ3) is 2.64. The van der Waals surface area contributed by atoms with Crippen LogP contribution < -0.4 is 5.32 Å². The number of furan rings is 2. The van der Waals surface area contributed by atoms with Gasteiger partial charge in [0.1, 0.15) is 17.9 Å². The van der Waals surface area contributed by atoms with E-state index in [1.807, 2.05) is 6.07 Å². The first kappa shape index (κ1) is 14.4. The number of carboxylic acid groups (broad SMARTS) is 1. The van der Waals surface area contributed by atoms with Gasteiger partial charge in [-0.25, -0.2) is 0 Å². The summed E-state index contributed by atoms with van der Waals surface area (Å²) >= 11 is 0. The lowest BCUT2D eigenvalue weighted by Gasteiger charge is -2.22. The first-order chi connectivity index (χ1) is 10.6. The quantitative estimate of drug-likeness (QED) is 0.905. The van der Waals surface area contributed by atoms with E-state index >= 15 is 0 Å². The fourth-order valence-corrected chi connectivity index (χ4v) is 2.94. The van der Waals surface area contributed by atoms with Crippen molar-refractivity contribution in [3.8, 4) is 0 Å². The molecule has 1 unspecified atom stereocenters. The van der Waals surface area contributed by atoms with Crippen molar-refractivity contribution < 1.29 is 23.5 Å². The molecular formula is C16H17NO5. The predicted octanol–water partition coefficient (Wildman–Crippen LogP) is 2.62. The molecule has 0 bridgehead atoms. The molecule has 6 heteroatoms. The summed E-state index contributed by atoms with van der Waals surface area (Å²) in [5.41, 5.74) is 1.95. The summed E-state index contributed by atoms with van der Waals surface area (Å²) < 4.78 is 10.6. The molecule has 0 fully saturated rings. The molecule has 0 radical (unpaired) electrons. The van der Waals surface area contributed by atoms with E-state index in [2.05, 4.69) is 5.32 Å². The van der Waals surface area contributed by atoms with E-state index in [-0.39, 0.29) is 24.1 Å². The Morgan fingerprint density at radius 2 is 2.23 bits per heavy atom. The van der Waals surface area contributed by atoms with Gasteiger partial charge in [-0.15, -0.1) is 0 Å². The van der Waals surface area contributed by atoms with Crippen molar-refractivity contribution in [3.05, 3.63) is 46.8 Å². The van der Waals surface area contributed by atoms with E-state index in [0.717, 1.165) is 30.6 Å². The number of carbonyl (C=O) groups is 2. The molecule has 2 aromatic rings. The number of hydrogen-bond acceptors (Lipinski definition) is 4. The maximum absolute atomic E-state index is 12.5. The minimum Gasteiger partial charge on any atom is -0.481 e. The van der Waals surface area contributed by atoms with Gasteiger partial charge in [0.25, 0.3) is 5.91 Å². The minimum atomic E-state index is -1.03. The lowest BCUT2D eigenvalue weighted by molar-refractivity contribution is -0.136. The fraction of sp³-hybridized carbons (Fsp3) is 0.375. The van der Waals surface area contributed by atoms with Gasteiger partial charge in [0, 0.05) is 17.5 Å². The molecule has 116 valence electrons. The highest BCUT2D eigenvalue weighted by Gasteiger charge is 2.27. The second kappa shape index (κ2) is 5.71. The van der Waals surface area contributed by atoms with Crippen LogP contribution in [0.4, 0.5) is 0 Å². The number of fused-ring (bicyclic) bond motifs is 1. The number of aliphatic carboxylic acids is 1. The number of carbonyl (C=O) groups excluding carboxylic acids is 1. The van der Waals surface area contributed by atoms with Gasteiger partial charge in [0.2, 0.25) is 0 Å². The van der Waals surface area contributed by atoms with Gasteiger partial charge >= 0.3 is 5.97 Å². The lowest BCUT2D eigenvalue weighted by Crippen LogP contribution is -2.31. The topological polar surface area (TPSA) is 92.7 Å². The molecule has 0 saturated heterocycles. The molecular weight excluding hydrogens is 286 g/mol. The molecule has 0 saturated carbocycles. The van der Waals surface area contributed by atoms with Gasteiger partial charge in [0.15, 0.2) is 0 Å². The lowest BCUT2D eigenvalue weighted by atomic mass is 9.93. The molecule has 1 atom stereocenters.